The van der Waals surface area contributed by atoms with Gasteiger partial charge in [0.25, 0.3) is 5.88 Å². The number of ether oxygens (including phenoxy) is 2. The molecule has 0 atom stereocenters. The summed E-state index contributed by atoms with van der Waals surface area (Å²) in [7, 11) is 0. The first-order chi connectivity index (χ1) is 26.9. The molecule has 0 spiro atoms. The minimum Gasteiger partial charge on any atom is -0.434 e. The molecule has 0 aliphatic carbocycles. The van der Waals surface area contributed by atoms with Gasteiger partial charge in [0.2, 0.25) is 0 Å². The third-order valence-electron chi connectivity index (χ3n) is 9.54. The zero-order chi connectivity index (χ0) is 37.9. The fourth-order valence-corrected chi connectivity index (χ4v) is 6.76. The lowest BCUT2D eigenvalue weighted by Gasteiger charge is -2.13. The number of imidazole rings is 2. The summed E-state index contributed by atoms with van der Waals surface area (Å²) >= 11 is 0. The quantitative estimate of drug-likeness (QED) is 0.0397. The molecule has 0 radical (unpaired) electrons. The molecule has 2 aliphatic heterocycles. The molecule has 8 rings (SSSR count). The molecule has 11 heteroatoms. The molecule has 0 unspecified atom stereocenters. The first kappa shape index (κ1) is 35.0. The maximum Gasteiger partial charge on any atom is 0.361 e. The van der Waals surface area contributed by atoms with Crippen molar-refractivity contribution in [2.45, 2.75) is 26.9 Å². The van der Waals surface area contributed by atoms with Crippen LogP contribution in [0.2, 0.25) is 0 Å². The van der Waals surface area contributed by atoms with Crippen molar-refractivity contribution in [2.24, 2.45) is 9.98 Å². The van der Waals surface area contributed by atoms with Crippen LogP contribution in [-0.4, -0.2) is 56.5 Å². The summed E-state index contributed by atoms with van der Waals surface area (Å²) in [5, 5.41) is 0. The molecule has 6 aromatic rings. The summed E-state index contributed by atoms with van der Waals surface area (Å²) in [5.41, 5.74) is 12.1. The Bertz CT molecular complexity index is 2620. The van der Waals surface area contributed by atoms with Crippen LogP contribution in [0.1, 0.15) is 66.4 Å². The first-order valence-electron chi connectivity index (χ1n) is 17.6. The Hall–Kier alpha value is -7.05. The maximum absolute atomic E-state index is 13.2. The average molecular weight is 727 g/mol. The number of aryl methyl sites for hydroxylation is 2. The van der Waals surface area contributed by atoms with Gasteiger partial charge in [-0.3, -0.25) is 19.1 Å². The number of rotatable bonds is 10. The highest BCUT2D eigenvalue weighted by molar-refractivity contribution is 6.17. The number of aliphatic imine (C=N–C) groups is 2. The molecule has 0 fully saturated rings. The summed E-state index contributed by atoms with van der Waals surface area (Å²) in [6.45, 7) is 4.38. The monoisotopic (exact) mass is 726 g/mol. The minimum atomic E-state index is -0.636. The predicted molar refractivity (Wildman–Crippen MR) is 207 cm³/mol. The van der Waals surface area contributed by atoms with Crippen LogP contribution in [0.3, 0.4) is 0 Å². The highest BCUT2D eigenvalue weighted by Crippen LogP contribution is 2.32. The van der Waals surface area contributed by atoms with Gasteiger partial charge in [-0.15, -0.1) is 12.8 Å². The van der Waals surface area contributed by atoms with E-state index >= 15 is 0 Å². The van der Waals surface area contributed by atoms with Crippen LogP contribution in [0, 0.1) is 38.5 Å². The molecule has 0 amide bonds. The topological polar surface area (TPSA) is 114 Å². The average Bonchev–Trinajstić information content (AvgIpc) is 3.73. The molecular formula is C44H34N6O5. The van der Waals surface area contributed by atoms with Crippen LogP contribution >= 0.6 is 0 Å². The van der Waals surface area contributed by atoms with Gasteiger partial charge in [-0.05, 0) is 61.4 Å². The normalized spacial score (nSPS) is 12.7. The van der Waals surface area contributed by atoms with E-state index < -0.39 is 5.97 Å². The first-order valence-corrected chi connectivity index (χ1v) is 17.6. The number of benzene rings is 4. The van der Waals surface area contributed by atoms with Gasteiger partial charge in [0.1, 0.15) is 25.0 Å². The SMILES string of the molecule is C#Cc1ccc2c(c1)C(c1ccccc1C)=NCc1c(OOCCOCOC(=O)c3ncn4c3CN=C(c3ccccc3C)c3cc(C#C)ccc3-4)ncn1-2. The Morgan fingerprint density at radius 3 is 1.87 bits per heavy atom. The number of carbonyl (C=O) groups is 1. The van der Waals surface area contributed by atoms with Gasteiger partial charge in [-0.1, -0.05) is 60.4 Å². The van der Waals surface area contributed by atoms with Crippen molar-refractivity contribution in [3.63, 3.8) is 0 Å². The van der Waals surface area contributed by atoms with Crippen molar-refractivity contribution in [1.29, 1.82) is 0 Å². The number of hydrogen-bond donors (Lipinski definition) is 0. The zero-order valence-electron chi connectivity index (χ0n) is 30.2. The van der Waals surface area contributed by atoms with Crippen LogP contribution in [0.25, 0.3) is 11.4 Å². The summed E-state index contributed by atoms with van der Waals surface area (Å²) in [5.74, 6) is 5.08. The second kappa shape index (κ2) is 15.1. The molecule has 0 saturated carbocycles. The van der Waals surface area contributed by atoms with E-state index in [2.05, 4.69) is 34.8 Å². The van der Waals surface area contributed by atoms with E-state index in [0.29, 0.717) is 17.9 Å². The van der Waals surface area contributed by atoms with Crippen LogP contribution in [0.4, 0.5) is 0 Å². The molecule has 0 saturated heterocycles. The van der Waals surface area contributed by atoms with Crippen molar-refractivity contribution in [3.05, 3.63) is 159 Å². The smallest absolute Gasteiger partial charge is 0.361 e. The summed E-state index contributed by atoms with van der Waals surface area (Å²) in [6, 6.07) is 27.6. The molecular weight excluding hydrogens is 693 g/mol. The van der Waals surface area contributed by atoms with Crippen LogP contribution in [0.15, 0.2) is 108 Å². The third kappa shape index (κ3) is 6.70. The Balaban J connectivity index is 0.900. The van der Waals surface area contributed by atoms with E-state index in [4.69, 9.17) is 42.1 Å². The van der Waals surface area contributed by atoms with E-state index in [1.165, 1.54) is 0 Å². The lowest BCUT2D eigenvalue weighted by atomic mass is 9.95. The fraction of sp³-hybridized carbons (Fsp3) is 0.159. The predicted octanol–water partition coefficient (Wildman–Crippen LogP) is 6.48. The van der Waals surface area contributed by atoms with Gasteiger partial charge in [-0.25, -0.2) is 9.78 Å². The Morgan fingerprint density at radius 1 is 0.709 bits per heavy atom. The molecule has 4 aromatic carbocycles. The maximum atomic E-state index is 13.2. The molecule has 2 aliphatic rings. The number of hydrogen-bond acceptors (Lipinski definition) is 9. The van der Waals surface area contributed by atoms with Gasteiger partial charge in [0.05, 0.1) is 48.2 Å². The number of carbonyl (C=O) groups excluding carboxylic acids is 1. The zero-order valence-corrected chi connectivity index (χ0v) is 30.2. The minimum absolute atomic E-state index is 0.0381. The van der Waals surface area contributed by atoms with Crippen molar-refractivity contribution in [2.75, 3.05) is 20.0 Å². The van der Waals surface area contributed by atoms with Crippen molar-refractivity contribution in [3.8, 4) is 41.9 Å². The molecule has 270 valence electrons. The third-order valence-corrected chi connectivity index (χ3v) is 9.54. The van der Waals surface area contributed by atoms with E-state index in [9.17, 15) is 4.79 Å². The van der Waals surface area contributed by atoms with Gasteiger partial charge >= 0.3 is 5.97 Å². The van der Waals surface area contributed by atoms with Crippen molar-refractivity contribution >= 4 is 17.4 Å². The number of nitrogens with zero attached hydrogens (tertiary/aromatic N) is 6. The van der Waals surface area contributed by atoms with Gasteiger partial charge < -0.3 is 14.4 Å². The molecule has 0 bridgehead atoms. The molecule has 0 N–H and O–H groups in total. The number of esters is 1. The molecule has 4 heterocycles. The summed E-state index contributed by atoms with van der Waals surface area (Å²) in [6.07, 6.45) is 14.8. The number of aromatic nitrogens is 4. The molecule has 2 aromatic heterocycles. The second-order valence-electron chi connectivity index (χ2n) is 12.9. The standard InChI is InChI=1S/C44H34N6O5/c1-5-30-15-17-36-34(21-30)40(32-13-9-7-11-28(32)3)45-23-38-42(47-25-49(36)38)44(51)53-27-52-19-20-54-55-43-39-24-46-41(33-14-10-8-12-29(33)4)35-22-31(6-2)16-18-37(35)50(39)26-48-43/h1-2,7-18,21-22,25-26H,19-20,23-24,27H2,3-4H3. The van der Waals surface area contributed by atoms with Crippen molar-refractivity contribution in [1.82, 2.24) is 19.1 Å². The van der Waals surface area contributed by atoms with Crippen LogP contribution < -0.4 is 4.89 Å². The van der Waals surface area contributed by atoms with Crippen molar-refractivity contribution < 1.29 is 24.0 Å². The summed E-state index contributed by atoms with van der Waals surface area (Å²) < 4.78 is 14.8. The Labute approximate surface area is 317 Å². The lowest BCUT2D eigenvalue weighted by molar-refractivity contribution is -0.221. The van der Waals surface area contributed by atoms with Crippen LogP contribution in [-0.2, 0) is 27.5 Å². The van der Waals surface area contributed by atoms with Gasteiger partial charge in [0.15, 0.2) is 12.5 Å². The molecule has 11 nitrogen and oxygen atoms in total. The Kier molecular flexibility index (Phi) is 9.63. The largest absolute Gasteiger partial charge is 0.434 e. The van der Waals surface area contributed by atoms with E-state index in [1.807, 2.05) is 94.9 Å². The highest BCUT2D eigenvalue weighted by Gasteiger charge is 2.27. The molecule has 55 heavy (non-hydrogen) atoms. The van der Waals surface area contributed by atoms with E-state index in [-0.39, 0.29) is 38.1 Å². The Morgan fingerprint density at radius 2 is 1.27 bits per heavy atom. The number of fused-ring (bicyclic) bond motifs is 6. The van der Waals surface area contributed by atoms with E-state index in [1.54, 1.807) is 12.7 Å². The second-order valence-corrected chi connectivity index (χ2v) is 12.9. The van der Waals surface area contributed by atoms with Crippen LogP contribution in [0.5, 0.6) is 5.88 Å². The fourth-order valence-electron chi connectivity index (χ4n) is 6.76. The lowest BCUT2D eigenvalue weighted by Crippen LogP contribution is -2.14. The van der Waals surface area contributed by atoms with Gasteiger partial charge in [0, 0.05) is 33.4 Å². The highest BCUT2D eigenvalue weighted by atomic mass is 17.2. The van der Waals surface area contributed by atoms with Gasteiger partial charge in [-0.2, -0.15) is 9.87 Å². The summed E-state index contributed by atoms with van der Waals surface area (Å²) in [4.78, 5) is 43.1. The van der Waals surface area contributed by atoms with E-state index in [0.717, 1.165) is 67.3 Å². The number of terminal acetylenes is 2.